The lowest BCUT2D eigenvalue weighted by molar-refractivity contribution is -0.385. The smallest absolute Gasteiger partial charge is 0.416 e. The Kier molecular flexibility index (Phi) is 7.28. The highest BCUT2D eigenvalue weighted by Gasteiger charge is 2.33. The topological polar surface area (TPSA) is 120 Å². The standard InChI is InChI=1S/C25H26F3N5O4/c1-13(17-8-18(25(26,27)28)10-19(9-17)33(35)36)30-23-20-11-21(29-12-22(20)31-14(2)32-23)15-4-6-16(7-5-15)24(34)37-3/h8-13,15-16H,4-7H2,1-3H3,(H,30,31,32). The number of rotatable bonds is 6. The van der Waals surface area contributed by atoms with Crippen molar-refractivity contribution in [2.24, 2.45) is 5.92 Å². The molecule has 1 atom stereocenters. The molecule has 1 saturated carbocycles. The van der Waals surface area contributed by atoms with E-state index < -0.39 is 28.4 Å². The fraction of sp³-hybridized carbons (Fsp3) is 0.440. The number of aryl methyl sites for hydroxylation is 1. The summed E-state index contributed by atoms with van der Waals surface area (Å²) in [5, 5.41) is 15.0. The highest BCUT2D eigenvalue weighted by Crippen LogP contribution is 2.38. The lowest BCUT2D eigenvalue weighted by Crippen LogP contribution is -2.22. The van der Waals surface area contributed by atoms with Gasteiger partial charge in [-0.3, -0.25) is 19.9 Å². The van der Waals surface area contributed by atoms with Crippen molar-refractivity contribution in [3.8, 4) is 0 Å². The summed E-state index contributed by atoms with van der Waals surface area (Å²) < 4.78 is 45.0. The SMILES string of the molecule is COC(=O)C1CCC(c2cc3c(NC(C)c4cc([N+](=O)[O-])cc(C(F)(F)F)c4)nc(C)nc3cn2)CC1. The summed E-state index contributed by atoms with van der Waals surface area (Å²) in [6, 6.07) is 3.67. The highest BCUT2D eigenvalue weighted by atomic mass is 19.4. The summed E-state index contributed by atoms with van der Waals surface area (Å²) in [5.74, 6) is 0.627. The van der Waals surface area contributed by atoms with Crippen molar-refractivity contribution < 1.29 is 27.6 Å². The van der Waals surface area contributed by atoms with E-state index in [2.05, 4.69) is 20.3 Å². The number of pyridine rings is 1. The number of methoxy groups -OCH3 is 1. The van der Waals surface area contributed by atoms with Gasteiger partial charge in [0.15, 0.2) is 0 Å². The van der Waals surface area contributed by atoms with Crippen LogP contribution in [0.15, 0.2) is 30.5 Å². The van der Waals surface area contributed by atoms with Gasteiger partial charge in [-0.2, -0.15) is 13.2 Å². The van der Waals surface area contributed by atoms with Crippen LogP contribution in [0.25, 0.3) is 10.9 Å². The Balaban J connectivity index is 1.65. The maximum atomic E-state index is 13.4. The van der Waals surface area contributed by atoms with Gasteiger partial charge in [0.1, 0.15) is 11.6 Å². The summed E-state index contributed by atoms with van der Waals surface area (Å²) >= 11 is 0. The average Bonchev–Trinajstić information content (AvgIpc) is 2.87. The predicted molar refractivity (Wildman–Crippen MR) is 129 cm³/mol. The third-order valence-electron chi connectivity index (χ3n) is 6.73. The molecule has 3 aromatic rings. The summed E-state index contributed by atoms with van der Waals surface area (Å²) in [4.78, 5) is 35.7. The Morgan fingerprint density at radius 2 is 1.86 bits per heavy atom. The molecule has 0 bridgehead atoms. The molecule has 9 nitrogen and oxygen atoms in total. The summed E-state index contributed by atoms with van der Waals surface area (Å²) in [5.41, 5.74) is -0.265. The average molecular weight is 518 g/mol. The van der Waals surface area contributed by atoms with Gasteiger partial charge >= 0.3 is 12.1 Å². The molecule has 1 aromatic carbocycles. The van der Waals surface area contributed by atoms with E-state index in [9.17, 15) is 28.1 Å². The van der Waals surface area contributed by atoms with Crippen LogP contribution in [0.2, 0.25) is 0 Å². The molecular formula is C25H26F3N5O4. The number of aromatic nitrogens is 3. The Hall–Kier alpha value is -3.83. The zero-order chi connectivity index (χ0) is 26.9. The number of anilines is 1. The van der Waals surface area contributed by atoms with E-state index in [1.54, 1.807) is 20.0 Å². The molecule has 37 heavy (non-hydrogen) atoms. The second-order valence-electron chi connectivity index (χ2n) is 9.25. The van der Waals surface area contributed by atoms with Gasteiger partial charge in [-0.1, -0.05) is 0 Å². The summed E-state index contributed by atoms with van der Waals surface area (Å²) in [6.45, 7) is 3.30. The number of halogens is 3. The number of hydrogen-bond acceptors (Lipinski definition) is 8. The first kappa shape index (κ1) is 26.2. The van der Waals surface area contributed by atoms with E-state index in [0.717, 1.165) is 30.7 Å². The van der Waals surface area contributed by atoms with Crippen molar-refractivity contribution in [2.45, 2.75) is 57.7 Å². The molecule has 1 N–H and O–H groups in total. The lowest BCUT2D eigenvalue weighted by Gasteiger charge is -2.26. The van der Waals surface area contributed by atoms with E-state index in [4.69, 9.17) is 4.74 Å². The minimum atomic E-state index is -4.73. The second kappa shape index (κ2) is 10.3. The molecule has 2 aromatic heterocycles. The van der Waals surface area contributed by atoms with Gasteiger partial charge in [0.25, 0.3) is 5.69 Å². The quantitative estimate of drug-likeness (QED) is 0.245. The van der Waals surface area contributed by atoms with Crippen LogP contribution < -0.4 is 5.32 Å². The van der Waals surface area contributed by atoms with E-state index in [-0.39, 0.29) is 23.4 Å². The molecule has 2 heterocycles. The molecule has 1 aliphatic rings. The first-order valence-corrected chi connectivity index (χ1v) is 11.8. The van der Waals surface area contributed by atoms with Gasteiger partial charge in [0.05, 0.1) is 41.3 Å². The molecule has 0 amide bonds. The number of fused-ring (bicyclic) bond motifs is 1. The largest absolute Gasteiger partial charge is 0.469 e. The van der Waals surface area contributed by atoms with E-state index in [0.29, 0.717) is 41.5 Å². The Morgan fingerprint density at radius 1 is 1.16 bits per heavy atom. The molecule has 12 heteroatoms. The highest BCUT2D eigenvalue weighted by molar-refractivity contribution is 5.89. The molecule has 0 spiro atoms. The van der Waals surface area contributed by atoms with Crippen molar-refractivity contribution in [3.05, 3.63) is 63.2 Å². The summed E-state index contributed by atoms with van der Waals surface area (Å²) in [7, 11) is 1.38. The van der Waals surface area contributed by atoms with Gasteiger partial charge in [-0.15, -0.1) is 0 Å². The molecule has 1 unspecified atom stereocenters. The van der Waals surface area contributed by atoms with Crippen molar-refractivity contribution >= 4 is 28.4 Å². The number of carbonyl (C=O) groups is 1. The zero-order valence-electron chi connectivity index (χ0n) is 20.5. The van der Waals surface area contributed by atoms with Crippen molar-refractivity contribution in [1.82, 2.24) is 15.0 Å². The van der Waals surface area contributed by atoms with Gasteiger partial charge in [0, 0.05) is 29.1 Å². The van der Waals surface area contributed by atoms with Crippen LogP contribution in [0.4, 0.5) is 24.7 Å². The number of nitro groups is 1. The van der Waals surface area contributed by atoms with Crippen LogP contribution in [-0.2, 0) is 15.7 Å². The fourth-order valence-electron chi connectivity index (χ4n) is 4.73. The van der Waals surface area contributed by atoms with Crippen molar-refractivity contribution in [1.29, 1.82) is 0 Å². The molecule has 196 valence electrons. The molecule has 0 aliphatic heterocycles. The van der Waals surface area contributed by atoms with Crippen LogP contribution in [-0.4, -0.2) is 33.0 Å². The number of nitrogens with zero attached hydrogens (tertiary/aromatic N) is 4. The number of nitro benzene ring substituents is 1. The van der Waals surface area contributed by atoms with Crippen LogP contribution in [0.5, 0.6) is 0 Å². The number of esters is 1. The minimum Gasteiger partial charge on any atom is -0.469 e. The zero-order valence-corrected chi connectivity index (χ0v) is 20.5. The molecule has 1 aliphatic carbocycles. The summed E-state index contributed by atoms with van der Waals surface area (Å²) in [6.07, 6.45) is -0.186. The fourth-order valence-corrected chi connectivity index (χ4v) is 4.73. The van der Waals surface area contributed by atoms with Crippen molar-refractivity contribution in [3.63, 3.8) is 0 Å². The monoisotopic (exact) mass is 517 g/mol. The number of hydrogen-bond donors (Lipinski definition) is 1. The maximum absolute atomic E-state index is 13.4. The van der Waals surface area contributed by atoms with Crippen LogP contribution in [0.1, 0.15) is 67.2 Å². The van der Waals surface area contributed by atoms with E-state index >= 15 is 0 Å². The molecule has 0 radical (unpaired) electrons. The van der Waals surface area contributed by atoms with E-state index in [1.165, 1.54) is 7.11 Å². The number of benzene rings is 1. The first-order valence-electron chi connectivity index (χ1n) is 11.8. The number of alkyl halides is 3. The normalized spacial score (nSPS) is 18.9. The Labute approximate surface area is 210 Å². The number of carbonyl (C=O) groups excluding carboxylic acids is 1. The van der Waals surface area contributed by atoms with Gasteiger partial charge < -0.3 is 10.1 Å². The first-order chi connectivity index (χ1) is 17.5. The van der Waals surface area contributed by atoms with Gasteiger partial charge in [-0.05, 0) is 57.2 Å². The van der Waals surface area contributed by atoms with Crippen LogP contribution >= 0.6 is 0 Å². The van der Waals surface area contributed by atoms with Gasteiger partial charge in [-0.25, -0.2) is 9.97 Å². The Bertz CT molecular complexity index is 1340. The molecular weight excluding hydrogens is 491 g/mol. The van der Waals surface area contributed by atoms with Crippen LogP contribution in [0, 0.1) is 23.0 Å². The molecule has 0 saturated heterocycles. The third-order valence-corrected chi connectivity index (χ3v) is 6.73. The Morgan fingerprint density at radius 3 is 2.49 bits per heavy atom. The minimum absolute atomic E-state index is 0.0985. The predicted octanol–water partition coefficient (Wildman–Crippen LogP) is 5.88. The second-order valence-corrected chi connectivity index (χ2v) is 9.25. The lowest BCUT2D eigenvalue weighted by atomic mass is 9.80. The van der Waals surface area contributed by atoms with Crippen LogP contribution in [0.3, 0.4) is 0 Å². The third kappa shape index (κ3) is 5.78. The van der Waals surface area contributed by atoms with E-state index in [1.807, 2.05) is 6.07 Å². The molecule has 4 rings (SSSR count). The number of nitrogens with one attached hydrogen (secondary N) is 1. The number of ether oxygens (including phenoxy) is 1. The number of non-ortho nitro benzene ring substituents is 1. The van der Waals surface area contributed by atoms with Crippen molar-refractivity contribution in [2.75, 3.05) is 12.4 Å². The van der Waals surface area contributed by atoms with Gasteiger partial charge in [0.2, 0.25) is 0 Å². The molecule has 1 fully saturated rings. The maximum Gasteiger partial charge on any atom is 0.416 e.